The molecule has 82 valence electrons. The van der Waals surface area contributed by atoms with Crippen molar-refractivity contribution >= 4 is 12.0 Å². The maximum absolute atomic E-state index is 11.1. The predicted molar refractivity (Wildman–Crippen MR) is 58.7 cm³/mol. The molecule has 1 fully saturated rings. The maximum Gasteiger partial charge on any atom is 0.337 e. The van der Waals surface area contributed by atoms with Crippen molar-refractivity contribution in [3.05, 3.63) is 40.7 Å². The van der Waals surface area contributed by atoms with Crippen LogP contribution in [-0.2, 0) is 0 Å². The number of aromatic nitrogens is 1. The number of rotatable bonds is 1. The normalized spacial score (nSPS) is 22.2. The average Bonchev–Trinajstić information content (AvgIpc) is 2.82. The van der Waals surface area contributed by atoms with Gasteiger partial charge in [-0.25, -0.2) is 10.2 Å². The fraction of sp³-hybridized carbons (Fsp3) is 0.182. The van der Waals surface area contributed by atoms with E-state index in [0.29, 0.717) is 5.56 Å². The Labute approximate surface area is 91.8 Å². The fourth-order valence-corrected chi connectivity index (χ4v) is 2.21. The summed E-state index contributed by atoms with van der Waals surface area (Å²) in [6, 6.07) is -0.0534. The third kappa shape index (κ3) is 1.22. The number of allylic oxidation sites excluding steroid dienone is 2. The molecule has 1 aliphatic carbocycles. The molecule has 1 saturated heterocycles. The van der Waals surface area contributed by atoms with E-state index >= 15 is 0 Å². The van der Waals surface area contributed by atoms with Gasteiger partial charge in [0.05, 0.1) is 11.6 Å². The van der Waals surface area contributed by atoms with Gasteiger partial charge < -0.3 is 10.1 Å². The minimum atomic E-state index is -0.902. The van der Waals surface area contributed by atoms with Crippen LogP contribution in [0.1, 0.15) is 27.7 Å². The highest BCUT2D eigenvalue weighted by atomic mass is 16.4. The number of hydrogen-bond donors (Lipinski definition) is 4. The highest BCUT2D eigenvalue weighted by molar-refractivity contribution is 5.91. The summed E-state index contributed by atoms with van der Waals surface area (Å²) in [5, 5.41) is 9.13. The first-order chi connectivity index (χ1) is 7.77. The Morgan fingerprint density at radius 2 is 2.38 bits per heavy atom. The van der Waals surface area contributed by atoms with E-state index in [1.807, 2.05) is 18.2 Å². The highest BCUT2D eigenvalue weighted by Crippen LogP contribution is 2.32. The van der Waals surface area contributed by atoms with Gasteiger partial charge in [0, 0.05) is 24.0 Å². The molecular weight excluding hydrogens is 206 g/mol. The highest BCUT2D eigenvalue weighted by Gasteiger charge is 2.29. The zero-order chi connectivity index (χ0) is 11.1. The standard InChI is InChI=1S/C11H11N3O2/c15-11(16)7-5-12-8-3-1-2-6-4-13-14-10(6)9(7)8/h1-3,5,10,12-14H,4H2,(H,15,16). The third-order valence-electron chi connectivity index (χ3n) is 2.95. The zero-order valence-corrected chi connectivity index (χ0v) is 8.45. The van der Waals surface area contributed by atoms with E-state index in [1.165, 1.54) is 0 Å². The molecule has 5 nitrogen and oxygen atoms in total. The first kappa shape index (κ1) is 9.38. The van der Waals surface area contributed by atoms with Gasteiger partial charge in [-0.05, 0) is 11.6 Å². The van der Waals surface area contributed by atoms with Gasteiger partial charge in [0.2, 0.25) is 0 Å². The van der Waals surface area contributed by atoms with Crippen molar-refractivity contribution in [1.29, 1.82) is 0 Å². The monoisotopic (exact) mass is 217 g/mol. The smallest absolute Gasteiger partial charge is 0.337 e. The Kier molecular flexibility index (Phi) is 1.95. The van der Waals surface area contributed by atoms with Crippen LogP contribution in [0.15, 0.2) is 23.9 Å². The number of hydrazine groups is 1. The molecule has 5 heteroatoms. The molecule has 1 aliphatic heterocycles. The van der Waals surface area contributed by atoms with Gasteiger partial charge in [0.1, 0.15) is 0 Å². The number of carboxylic acids is 1. The van der Waals surface area contributed by atoms with Crippen LogP contribution >= 0.6 is 0 Å². The molecule has 3 rings (SSSR count). The van der Waals surface area contributed by atoms with Crippen molar-refractivity contribution < 1.29 is 9.90 Å². The van der Waals surface area contributed by atoms with E-state index in [-0.39, 0.29) is 6.04 Å². The fourth-order valence-electron chi connectivity index (χ4n) is 2.21. The molecule has 4 N–H and O–H groups in total. The minimum absolute atomic E-state index is 0.0534. The lowest BCUT2D eigenvalue weighted by Gasteiger charge is -2.11. The number of H-pyrrole nitrogens is 1. The molecule has 2 aliphatic rings. The van der Waals surface area contributed by atoms with Crippen LogP contribution in [0.4, 0.5) is 0 Å². The van der Waals surface area contributed by atoms with E-state index in [1.54, 1.807) is 6.20 Å². The van der Waals surface area contributed by atoms with Crippen molar-refractivity contribution in [2.45, 2.75) is 6.04 Å². The summed E-state index contributed by atoms with van der Waals surface area (Å²) in [6.07, 6.45) is 7.39. The lowest BCUT2D eigenvalue weighted by atomic mass is 9.98. The van der Waals surface area contributed by atoms with Crippen LogP contribution in [-0.4, -0.2) is 22.6 Å². The number of carbonyl (C=O) groups is 1. The van der Waals surface area contributed by atoms with Crippen LogP contribution in [0.2, 0.25) is 0 Å². The Morgan fingerprint density at radius 1 is 1.50 bits per heavy atom. The van der Waals surface area contributed by atoms with E-state index < -0.39 is 5.97 Å². The zero-order valence-electron chi connectivity index (χ0n) is 8.45. The lowest BCUT2D eigenvalue weighted by molar-refractivity contribution is 0.0695. The predicted octanol–water partition coefficient (Wildman–Crippen LogP) is 0.815. The summed E-state index contributed by atoms with van der Waals surface area (Å²) in [5.74, 6) is -0.902. The van der Waals surface area contributed by atoms with Crippen LogP contribution in [0.25, 0.3) is 6.08 Å². The van der Waals surface area contributed by atoms with Crippen molar-refractivity contribution in [1.82, 2.24) is 15.8 Å². The summed E-state index contributed by atoms with van der Waals surface area (Å²) in [5.41, 5.74) is 9.26. The molecule has 1 aromatic heterocycles. The Balaban J connectivity index is 2.19. The van der Waals surface area contributed by atoms with Gasteiger partial charge in [-0.3, -0.25) is 5.43 Å². The molecule has 0 saturated carbocycles. The second-order valence-electron chi connectivity index (χ2n) is 3.87. The van der Waals surface area contributed by atoms with Crippen molar-refractivity contribution in [2.75, 3.05) is 6.54 Å². The molecule has 2 heterocycles. The van der Waals surface area contributed by atoms with Gasteiger partial charge in [0.15, 0.2) is 0 Å². The summed E-state index contributed by atoms with van der Waals surface area (Å²) in [6.45, 7) is 0.735. The Bertz CT molecular complexity index is 513. The van der Waals surface area contributed by atoms with Crippen molar-refractivity contribution in [2.24, 2.45) is 0 Å². The minimum Gasteiger partial charge on any atom is -0.478 e. The van der Waals surface area contributed by atoms with E-state index in [2.05, 4.69) is 15.8 Å². The molecule has 0 spiro atoms. The number of aromatic carboxylic acids is 1. The van der Waals surface area contributed by atoms with Crippen LogP contribution in [0.5, 0.6) is 0 Å². The molecule has 1 atom stereocenters. The van der Waals surface area contributed by atoms with E-state index in [4.69, 9.17) is 5.11 Å². The molecule has 0 bridgehead atoms. The van der Waals surface area contributed by atoms with Gasteiger partial charge in [-0.2, -0.15) is 0 Å². The lowest BCUT2D eigenvalue weighted by Crippen LogP contribution is -2.25. The Hall–Kier alpha value is -1.85. The summed E-state index contributed by atoms with van der Waals surface area (Å²) >= 11 is 0. The number of aromatic amines is 1. The molecule has 1 aromatic rings. The number of carboxylic acid groups (broad SMARTS) is 1. The largest absolute Gasteiger partial charge is 0.478 e. The summed E-state index contributed by atoms with van der Waals surface area (Å²) in [7, 11) is 0. The second kappa shape index (κ2) is 3.33. The van der Waals surface area contributed by atoms with Crippen LogP contribution < -0.4 is 10.9 Å². The van der Waals surface area contributed by atoms with Crippen LogP contribution in [0, 0.1) is 0 Å². The average molecular weight is 217 g/mol. The first-order valence-electron chi connectivity index (χ1n) is 5.07. The molecule has 0 radical (unpaired) electrons. The molecule has 1 unspecified atom stereocenters. The number of nitrogens with one attached hydrogen (secondary N) is 3. The Morgan fingerprint density at radius 3 is 3.19 bits per heavy atom. The van der Waals surface area contributed by atoms with Crippen molar-refractivity contribution in [3.8, 4) is 0 Å². The maximum atomic E-state index is 11.1. The van der Waals surface area contributed by atoms with E-state index in [0.717, 1.165) is 23.4 Å². The molecule has 16 heavy (non-hydrogen) atoms. The topological polar surface area (TPSA) is 77.1 Å². The van der Waals surface area contributed by atoms with Crippen LogP contribution in [0.3, 0.4) is 0 Å². The molecule has 0 amide bonds. The number of hydrogen-bond acceptors (Lipinski definition) is 3. The second-order valence-corrected chi connectivity index (χ2v) is 3.87. The van der Waals surface area contributed by atoms with Gasteiger partial charge in [-0.1, -0.05) is 12.2 Å². The summed E-state index contributed by atoms with van der Waals surface area (Å²) < 4.78 is 0. The van der Waals surface area contributed by atoms with Gasteiger partial charge >= 0.3 is 5.97 Å². The quantitative estimate of drug-likeness (QED) is 0.561. The van der Waals surface area contributed by atoms with E-state index in [9.17, 15) is 4.79 Å². The van der Waals surface area contributed by atoms with Gasteiger partial charge in [0.25, 0.3) is 0 Å². The van der Waals surface area contributed by atoms with Gasteiger partial charge in [-0.15, -0.1) is 0 Å². The summed E-state index contributed by atoms with van der Waals surface area (Å²) in [4.78, 5) is 14.1. The number of fused-ring (bicyclic) bond motifs is 3. The SMILES string of the molecule is O=C(O)c1c[nH]c2c1C1NNCC1=CC=C2. The third-order valence-corrected chi connectivity index (χ3v) is 2.95. The first-order valence-corrected chi connectivity index (χ1v) is 5.07. The molecule has 0 aromatic carbocycles. The molecular formula is C11H11N3O2. The van der Waals surface area contributed by atoms with Crippen molar-refractivity contribution in [3.63, 3.8) is 0 Å².